The largest absolute Gasteiger partial charge is 0.465 e. The Morgan fingerprint density at radius 2 is 1.79 bits per heavy atom. The van der Waals surface area contributed by atoms with Gasteiger partial charge in [-0.25, -0.2) is 4.79 Å². The van der Waals surface area contributed by atoms with E-state index >= 15 is 0 Å². The van der Waals surface area contributed by atoms with E-state index in [0.29, 0.717) is 34.3 Å². The van der Waals surface area contributed by atoms with Gasteiger partial charge in [0.05, 0.1) is 36.6 Å². The van der Waals surface area contributed by atoms with Gasteiger partial charge in [0.15, 0.2) is 5.11 Å². The van der Waals surface area contributed by atoms with Crippen LogP contribution >= 0.6 is 12.2 Å². The minimum Gasteiger partial charge on any atom is -0.465 e. The first-order valence-corrected chi connectivity index (χ1v) is 11.2. The molecule has 2 atom stereocenters. The van der Waals surface area contributed by atoms with E-state index < -0.39 is 5.97 Å². The minimum absolute atomic E-state index is 0.215. The molecule has 34 heavy (non-hydrogen) atoms. The van der Waals surface area contributed by atoms with E-state index in [0.717, 1.165) is 11.4 Å². The Kier molecular flexibility index (Phi) is 6.05. The van der Waals surface area contributed by atoms with Crippen molar-refractivity contribution >= 4 is 23.3 Å². The number of hydrogen-bond donors (Lipinski definition) is 1. The third-order valence-electron chi connectivity index (χ3n) is 5.77. The Balaban J connectivity index is 1.55. The predicted molar refractivity (Wildman–Crippen MR) is 131 cm³/mol. The summed E-state index contributed by atoms with van der Waals surface area (Å²) in [5, 5.41) is 4.01. The number of pyridine rings is 2. The fourth-order valence-electron chi connectivity index (χ4n) is 4.19. The number of carbonyl (C=O) groups excluding carboxylic acids is 1. The van der Waals surface area contributed by atoms with Gasteiger partial charge in [0.2, 0.25) is 0 Å². The maximum absolute atomic E-state index is 12.3. The minimum atomic E-state index is -0.416. The standard InChI is InChI=1S/C26H22N4O3S/c1-32-25(31)19-10-3-2-9-18(19)21-12-13-22(33-21)24-23(20-11-5-7-15-28-20)29-26(34)30(24)16-17-8-4-6-14-27-17/h2-15,23-24H,16H2,1H3,(H,29,34)/t23-,24-/m1/s1. The van der Waals surface area contributed by atoms with Crippen LogP contribution in [0.1, 0.15) is 39.6 Å². The van der Waals surface area contributed by atoms with Crippen LogP contribution in [0.4, 0.5) is 0 Å². The van der Waals surface area contributed by atoms with E-state index in [1.54, 1.807) is 24.5 Å². The highest BCUT2D eigenvalue weighted by Gasteiger charge is 2.42. The van der Waals surface area contributed by atoms with Gasteiger partial charge >= 0.3 is 5.97 Å². The van der Waals surface area contributed by atoms with Crippen LogP contribution in [-0.2, 0) is 11.3 Å². The SMILES string of the molecule is COC(=O)c1ccccc1-c1ccc([C@@H]2[C@@H](c3ccccn3)NC(=S)N2Cc2ccccn2)o1. The van der Waals surface area contributed by atoms with Crippen molar-refractivity contribution in [3.8, 4) is 11.3 Å². The van der Waals surface area contributed by atoms with Crippen LogP contribution in [0.3, 0.4) is 0 Å². The number of methoxy groups -OCH3 is 1. The van der Waals surface area contributed by atoms with Crippen LogP contribution in [0.5, 0.6) is 0 Å². The molecule has 0 bridgehead atoms. The zero-order chi connectivity index (χ0) is 23.5. The highest BCUT2D eigenvalue weighted by molar-refractivity contribution is 7.80. The lowest BCUT2D eigenvalue weighted by atomic mass is 10.0. The predicted octanol–water partition coefficient (Wildman–Crippen LogP) is 4.70. The first-order chi connectivity index (χ1) is 16.7. The van der Waals surface area contributed by atoms with Crippen LogP contribution in [0.25, 0.3) is 11.3 Å². The number of rotatable bonds is 6. The summed E-state index contributed by atoms with van der Waals surface area (Å²) < 4.78 is 11.3. The van der Waals surface area contributed by atoms with Gasteiger partial charge < -0.3 is 19.4 Å². The maximum atomic E-state index is 12.3. The zero-order valence-electron chi connectivity index (χ0n) is 18.4. The third kappa shape index (κ3) is 4.15. The monoisotopic (exact) mass is 470 g/mol. The van der Waals surface area contributed by atoms with Gasteiger partial charge in [-0.05, 0) is 54.7 Å². The molecule has 0 radical (unpaired) electrons. The van der Waals surface area contributed by atoms with E-state index in [9.17, 15) is 4.79 Å². The smallest absolute Gasteiger partial charge is 0.338 e. The normalized spacial score (nSPS) is 17.4. The van der Waals surface area contributed by atoms with Gasteiger partial charge in [0, 0.05) is 18.0 Å². The molecule has 1 N–H and O–H groups in total. The molecule has 4 aromatic rings. The molecule has 1 aromatic carbocycles. The number of thiocarbonyl (C=S) groups is 1. The third-order valence-corrected chi connectivity index (χ3v) is 6.12. The highest BCUT2D eigenvalue weighted by Crippen LogP contribution is 2.41. The number of nitrogens with one attached hydrogen (secondary N) is 1. The van der Waals surface area contributed by atoms with Crippen LogP contribution in [0.15, 0.2) is 89.6 Å². The number of carbonyl (C=O) groups is 1. The lowest BCUT2D eigenvalue weighted by Gasteiger charge is -2.25. The molecule has 0 spiro atoms. The van der Waals surface area contributed by atoms with Gasteiger partial charge in [0.25, 0.3) is 0 Å². The summed E-state index contributed by atoms with van der Waals surface area (Å²) in [6.07, 6.45) is 3.53. The van der Waals surface area contributed by atoms with Gasteiger partial charge in [-0.15, -0.1) is 0 Å². The van der Waals surface area contributed by atoms with Gasteiger partial charge in [-0.1, -0.05) is 30.3 Å². The zero-order valence-corrected chi connectivity index (χ0v) is 19.2. The molecule has 0 unspecified atom stereocenters. The highest BCUT2D eigenvalue weighted by atomic mass is 32.1. The van der Waals surface area contributed by atoms with Crippen molar-refractivity contribution in [1.29, 1.82) is 0 Å². The molecule has 3 aromatic heterocycles. The van der Waals surface area contributed by atoms with Crippen molar-refractivity contribution in [2.75, 3.05) is 7.11 Å². The maximum Gasteiger partial charge on any atom is 0.338 e. The number of benzene rings is 1. The summed E-state index contributed by atoms with van der Waals surface area (Å²) in [4.78, 5) is 23.4. The van der Waals surface area contributed by atoms with Crippen molar-refractivity contribution in [2.45, 2.75) is 18.6 Å². The number of hydrogen-bond acceptors (Lipinski definition) is 6. The van der Waals surface area contributed by atoms with Crippen molar-refractivity contribution in [2.24, 2.45) is 0 Å². The summed E-state index contributed by atoms with van der Waals surface area (Å²) in [5.74, 6) is 0.861. The fraction of sp³-hybridized carbons (Fsp3) is 0.154. The molecule has 0 saturated carbocycles. The van der Waals surface area contributed by atoms with Crippen molar-refractivity contribution in [3.63, 3.8) is 0 Å². The van der Waals surface area contributed by atoms with Crippen molar-refractivity contribution in [3.05, 3.63) is 108 Å². The van der Waals surface area contributed by atoms with Crippen LogP contribution in [0, 0.1) is 0 Å². The molecule has 0 amide bonds. The van der Waals surface area contributed by atoms with Crippen molar-refractivity contribution < 1.29 is 13.9 Å². The van der Waals surface area contributed by atoms with Gasteiger partial charge in [0.1, 0.15) is 17.6 Å². The van der Waals surface area contributed by atoms with Crippen LogP contribution < -0.4 is 5.32 Å². The summed E-state index contributed by atoms with van der Waals surface area (Å²) in [5.41, 5.74) is 2.85. The number of nitrogens with zero attached hydrogens (tertiary/aromatic N) is 3. The summed E-state index contributed by atoms with van der Waals surface area (Å²) in [7, 11) is 1.37. The molecule has 1 fully saturated rings. The first kappa shape index (κ1) is 21.8. The number of ether oxygens (including phenoxy) is 1. The van der Waals surface area contributed by atoms with E-state index in [2.05, 4.69) is 20.2 Å². The van der Waals surface area contributed by atoms with Crippen LogP contribution in [0.2, 0.25) is 0 Å². The lowest BCUT2D eigenvalue weighted by Crippen LogP contribution is -2.29. The second-order valence-electron chi connectivity index (χ2n) is 7.81. The van der Waals surface area contributed by atoms with E-state index in [-0.39, 0.29) is 12.1 Å². The first-order valence-electron chi connectivity index (χ1n) is 10.8. The fourth-order valence-corrected chi connectivity index (χ4v) is 4.50. The van der Waals surface area contributed by atoms with Crippen LogP contribution in [-0.4, -0.2) is 33.1 Å². The topological polar surface area (TPSA) is 80.5 Å². The molecule has 1 aliphatic rings. The second-order valence-corrected chi connectivity index (χ2v) is 8.20. The molecular weight excluding hydrogens is 448 g/mol. The molecule has 5 rings (SSSR count). The Hall–Kier alpha value is -4.04. The second kappa shape index (κ2) is 9.44. The quantitative estimate of drug-likeness (QED) is 0.321. The number of esters is 1. The summed E-state index contributed by atoms with van der Waals surface area (Å²) >= 11 is 5.72. The Morgan fingerprint density at radius 3 is 2.53 bits per heavy atom. The summed E-state index contributed by atoms with van der Waals surface area (Å²) in [6, 6.07) is 22.1. The Morgan fingerprint density at radius 1 is 1.03 bits per heavy atom. The average Bonchev–Trinajstić information content (AvgIpc) is 3.49. The Labute approximate surface area is 202 Å². The van der Waals surface area contributed by atoms with E-state index in [4.69, 9.17) is 21.4 Å². The molecule has 170 valence electrons. The number of furan rings is 1. The summed E-state index contributed by atoms with van der Waals surface area (Å²) in [6.45, 7) is 0.509. The molecule has 0 aliphatic carbocycles. The molecule has 4 heterocycles. The Bertz CT molecular complexity index is 1310. The van der Waals surface area contributed by atoms with E-state index in [1.807, 2.05) is 60.7 Å². The molecule has 1 aliphatic heterocycles. The molecule has 1 saturated heterocycles. The molecule has 8 heteroatoms. The van der Waals surface area contributed by atoms with E-state index in [1.165, 1.54) is 7.11 Å². The molecule has 7 nitrogen and oxygen atoms in total. The lowest BCUT2D eigenvalue weighted by molar-refractivity contribution is 0.0601. The average molecular weight is 471 g/mol. The van der Waals surface area contributed by atoms with Gasteiger partial charge in [-0.3, -0.25) is 9.97 Å². The van der Waals surface area contributed by atoms with Crippen molar-refractivity contribution in [1.82, 2.24) is 20.2 Å². The molecular formula is C26H22N4O3S. The van der Waals surface area contributed by atoms with Gasteiger partial charge in [-0.2, -0.15) is 0 Å². The number of aromatic nitrogens is 2.